The predicted molar refractivity (Wildman–Crippen MR) is 80.3 cm³/mol. The van der Waals surface area contributed by atoms with Crippen LogP contribution in [-0.2, 0) is 6.42 Å². The highest BCUT2D eigenvalue weighted by Crippen LogP contribution is 2.29. The van der Waals surface area contributed by atoms with E-state index in [4.69, 9.17) is 11.6 Å². The third kappa shape index (κ3) is 2.87. The Morgan fingerprint density at radius 2 is 1.79 bits per heavy atom. The Labute approximate surface area is 119 Å². The molecule has 2 rings (SSSR count). The lowest BCUT2D eigenvalue weighted by Gasteiger charge is -2.24. The van der Waals surface area contributed by atoms with Gasteiger partial charge in [0.25, 0.3) is 0 Å². The van der Waals surface area contributed by atoms with Gasteiger partial charge < -0.3 is 4.90 Å². The van der Waals surface area contributed by atoms with Crippen LogP contribution in [0.4, 0.5) is 11.5 Å². The van der Waals surface area contributed by atoms with Crippen molar-refractivity contribution in [1.82, 2.24) is 9.97 Å². The smallest absolute Gasteiger partial charge is 0.141 e. The van der Waals surface area contributed by atoms with Gasteiger partial charge in [0.1, 0.15) is 17.3 Å². The molecule has 2 aromatic rings. The molecule has 4 heteroatoms. The largest absolute Gasteiger partial charge is 0.326 e. The fraction of sp³-hybridized carbons (Fsp3) is 0.333. The Morgan fingerprint density at radius 3 is 2.37 bits per heavy atom. The lowest BCUT2D eigenvalue weighted by molar-refractivity contribution is 0.939. The lowest BCUT2D eigenvalue weighted by atomic mass is 10.2. The minimum Gasteiger partial charge on any atom is -0.326 e. The molecule has 0 spiro atoms. The molecule has 0 bridgehead atoms. The predicted octanol–water partition coefficient (Wildman–Crippen LogP) is 4.16. The second kappa shape index (κ2) is 6.02. The fourth-order valence-corrected chi connectivity index (χ4v) is 2.36. The first kappa shape index (κ1) is 13.8. The molecule has 1 heterocycles. The van der Waals surface area contributed by atoms with Crippen molar-refractivity contribution in [2.24, 2.45) is 0 Å². The van der Waals surface area contributed by atoms with Crippen molar-refractivity contribution in [1.29, 1.82) is 0 Å². The van der Waals surface area contributed by atoms with Gasteiger partial charge in [-0.15, -0.1) is 0 Å². The van der Waals surface area contributed by atoms with Crippen LogP contribution in [0.3, 0.4) is 0 Å². The van der Waals surface area contributed by atoms with E-state index < -0.39 is 0 Å². The summed E-state index contributed by atoms with van der Waals surface area (Å²) in [7, 11) is 0. The van der Waals surface area contributed by atoms with Gasteiger partial charge in [0.05, 0.1) is 0 Å². The van der Waals surface area contributed by atoms with Gasteiger partial charge in [-0.05, 0) is 32.4 Å². The van der Waals surface area contributed by atoms with E-state index in [1.165, 1.54) is 11.9 Å². The Hall–Kier alpha value is -1.61. The highest BCUT2D eigenvalue weighted by molar-refractivity contribution is 6.30. The van der Waals surface area contributed by atoms with Crippen LogP contribution in [0, 0.1) is 6.92 Å². The maximum absolute atomic E-state index is 6.17. The molecule has 1 aromatic heterocycles. The molecule has 0 radical (unpaired) electrons. The van der Waals surface area contributed by atoms with Gasteiger partial charge in [0.2, 0.25) is 0 Å². The summed E-state index contributed by atoms with van der Waals surface area (Å²) in [4.78, 5) is 10.6. The van der Waals surface area contributed by atoms with E-state index in [1.54, 1.807) is 0 Å². The Balaban J connectivity index is 2.48. The number of rotatable bonds is 4. The van der Waals surface area contributed by atoms with Gasteiger partial charge >= 0.3 is 0 Å². The summed E-state index contributed by atoms with van der Waals surface area (Å²) in [5.41, 5.74) is 3.36. The van der Waals surface area contributed by atoms with Gasteiger partial charge in [-0.25, -0.2) is 9.97 Å². The van der Waals surface area contributed by atoms with Crippen LogP contribution in [0.5, 0.6) is 0 Å². The van der Waals surface area contributed by atoms with E-state index in [0.29, 0.717) is 5.15 Å². The average Bonchev–Trinajstić information content (AvgIpc) is 2.42. The van der Waals surface area contributed by atoms with E-state index in [2.05, 4.69) is 59.9 Å². The molecular weight excluding hydrogens is 258 g/mol. The Bertz CT molecular complexity index is 552. The molecular formula is C15H18ClN3. The SMILES string of the molecule is CCc1c(Cl)ncnc1N(CC)c1ccc(C)cc1. The quantitative estimate of drug-likeness (QED) is 0.785. The molecule has 0 fully saturated rings. The van der Waals surface area contributed by atoms with Gasteiger partial charge in [-0.1, -0.05) is 36.2 Å². The number of anilines is 2. The Kier molecular flexibility index (Phi) is 4.38. The van der Waals surface area contributed by atoms with E-state index in [0.717, 1.165) is 30.0 Å². The van der Waals surface area contributed by atoms with E-state index in [-0.39, 0.29) is 0 Å². The summed E-state index contributed by atoms with van der Waals surface area (Å²) in [5, 5.41) is 0.540. The highest BCUT2D eigenvalue weighted by Gasteiger charge is 2.15. The minimum absolute atomic E-state index is 0.540. The van der Waals surface area contributed by atoms with Gasteiger partial charge in [0.15, 0.2) is 0 Å². The summed E-state index contributed by atoms with van der Waals surface area (Å²) < 4.78 is 0. The maximum Gasteiger partial charge on any atom is 0.141 e. The monoisotopic (exact) mass is 275 g/mol. The molecule has 0 N–H and O–H groups in total. The molecule has 0 aliphatic heterocycles. The molecule has 0 amide bonds. The summed E-state index contributed by atoms with van der Waals surface area (Å²) in [6.07, 6.45) is 2.34. The number of aryl methyl sites for hydroxylation is 1. The number of hydrogen-bond donors (Lipinski definition) is 0. The van der Waals surface area contributed by atoms with Crippen molar-refractivity contribution in [3.8, 4) is 0 Å². The normalized spacial score (nSPS) is 10.5. The zero-order valence-corrected chi connectivity index (χ0v) is 12.3. The molecule has 0 saturated heterocycles. The van der Waals surface area contributed by atoms with Crippen LogP contribution in [-0.4, -0.2) is 16.5 Å². The number of nitrogens with zero attached hydrogens (tertiary/aromatic N) is 3. The molecule has 0 atom stereocenters. The highest BCUT2D eigenvalue weighted by atomic mass is 35.5. The van der Waals surface area contributed by atoms with Crippen LogP contribution >= 0.6 is 11.6 Å². The summed E-state index contributed by atoms with van der Waals surface area (Å²) >= 11 is 6.17. The van der Waals surface area contributed by atoms with Crippen molar-refractivity contribution < 1.29 is 0 Å². The van der Waals surface area contributed by atoms with Crippen LogP contribution in [0.1, 0.15) is 25.0 Å². The molecule has 19 heavy (non-hydrogen) atoms. The first-order valence-electron chi connectivity index (χ1n) is 6.51. The molecule has 0 aliphatic carbocycles. The molecule has 0 aliphatic rings. The first-order chi connectivity index (χ1) is 9.17. The molecule has 0 saturated carbocycles. The summed E-state index contributed by atoms with van der Waals surface area (Å²) in [6.45, 7) is 7.09. The zero-order chi connectivity index (χ0) is 13.8. The third-order valence-corrected chi connectivity index (χ3v) is 3.47. The lowest BCUT2D eigenvalue weighted by Crippen LogP contribution is -2.19. The van der Waals surface area contributed by atoms with Crippen molar-refractivity contribution in [3.63, 3.8) is 0 Å². The second-order valence-electron chi connectivity index (χ2n) is 4.40. The maximum atomic E-state index is 6.17. The van der Waals surface area contributed by atoms with Crippen LogP contribution in [0.2, 0.25) is 5.15 Å². The standard InChI is InChI=1S/C15H18ClN3/c1-4-13-14(16)17-10-18-15(13)19(5-2)12-8-6-11(3)7-9-12/h6-10H,4-5H2,1-3H3. The fourth-order valence-electron chi connectivity index (χ4n) is 2.10. The molecule has 3 nitrogen and oxygen atoms in total. The van der Waals surface area contributed by atoms with Crippen molar-refractivity contribution >= 4 is 23.1 Å². The Morgan fingerprint density at radius 1 is 1.11 bits per heavy atom. The van der Waals surface area contributed by atoms with Gasteiger partial charge in [-0.2, -0.15) is 0 Å². The second-order valence-corrected chi connectivity index (χ2v) is 4.76. The molecule has 1 aromatic carbocycles. The zero-order valence-electron chi connectivity index (χ0n) is 11.5. The van der Waals surface area contributed by atoms with E-state index >= 15 is 0 Å². The van der Waals surface area contributed by atoms with E-state index in [9.17, 15) is 0 Å². The van der Waals surface area contributed by atoms with Crippen LogP contribution in [0.25, 0.3) is 0 Å². The summed E-state index contributed by atoms with van der Waals surface area (Å²) in [6, 6.07) is 8.42. The van der Waals surface area contributed by atoms with Gasteiger partial charge in [-0.3, -0.25) is 0 Å². The average molecular weight is 276 g/mol. The number of hydrogen-bond acceptors (Lipinski definition) is 3. The first-order valence-corrected chi connectivity index (χ1v) is 6.88. The number of aromatic nitrogens is 2. The van der Waals surface area contributed by atoms with Crippen molar-refractivity contribution in [3.05, 3.63) is 46.9 Å². The molecule has 0 unspecified atom stereocenters. The van der Waals surface area contributed by atoms with E-state index in [1.807, 2.05) is 0 Å². The van der Waals surface area contributed by atoms with Crippen molar-refractivity contribution in [2.75, 3.05) is 11.4 Å². The van der Waals surface area contributed by atoms with Gasteiger partial charge in [0, 0.05) is 17.8 Å². The topological polar surface area (TPSA) is 29.0 Å². The van der Waals surface area contributed by atoms with Crippen LogP contribution in [0.15, 0.2) is 30.6 Å². The number of halogens is 1. The molecule has 100 valence electrons. The minimum atomic E-state index is 0.540. The van der Waals surface area contributed by atoms with Crippen molar-refractivity contribution in [2.45, 2.75) is 27.2 Å². The number of benzene rings is 1. The summed E-state index contributed by atoms with van der Waals surface area (Å²) in [5.74, 6) is 0.897. The third-order valence-electron chi connectivity index (χ3n) is 3.14. The van der Waals surface area contributed by atoms with Crippen LogP contribution < -0.4 is 4.90 Å².